The molecular formula is C14H29N. The van der Waals surface area contributed by atoms with Crippen molar-refractivity contribution in [1.29, 1.82) is 0 Å². The van der Waals surface area contributed by atoms with Crippen molar-refractivity contribution in [2.75, 3.05) is 7.05 Å². The summed E-state index contributed by atoms with van der Waals surface area (Å²) in [5.41, 5.74) is 0. The summed E-state index contributed by atoms with van der Waals surface area (Å²) in [6.07, 6.45) is 11.4. The van der Waals surface area contributed by atoms with Gasteiger partial charge in [-0.2, -0.15) is 0 Å². The summed E-state index contributed by atoms with van der Waals surface area (Å²) in [6, 6.07) is 0.776. The molecule has 1 aliphatic carbocycles. The molecule has 0 bridgehead atoms. The van der Waals surface area contributed by atoms with E-state index in [1.54, 1.807) is 0 Å². The molecule has 1 fully saturated rings. The first kappa shape index (κ1) is 13.0. The minimum atomic E-state index is 0.776. The summed E-state index contributed by atoms with van der Waals surface area (Å²) in [5, 5.41) is 3.53. The van der Waals surface area contributed by atoms with Gasteiger partial charge in [0.1, 0.15) is 0 Å². The van der Waals surface area contributed by atoms with E-state index in [-0.39, 0.29) is 0 Å². The maximum atomic E-state index is 3.53. The van der Waals surface area contributed by atoms with Crippen LogP contribution < -0.4 is 5.32 Å². The first-order chi connectivity index (χ1) is 7.30. The van der Waals surface area contributed by atoms with Crippen LogP contribution in [0, 0.1) is 11.8 Å². The Hall–Kier alpha value is -0.0400. The molecule has 1 N–H and O–H groups in total. The highest BCUT2D eigenvalue weighted by molar-refractivity contribution is 4.76. The molecule has 0 radical (unpaired) electrons. The van der Waals surface area contributed by atoms with Crippen LogP contribution in [0.25, 0.3) is 0 Å². The minimum Gasteiger partial charge on any atom is -0.317 e. The zero-order chi connectivity index (χ0) is 11.1. The van der Waals surface area contributed by atoms with Crippen LogP contribution >= 0.6 is 0 Å². The quantitative estimate of drug-likeness (QED) is 0.671. The molecular weight excluding hydrogens is 182 g/mol. The van der Waals surface area contributed by atoms with Gasteiger partial charge >= 0.3 is 0 Å². The maximum Gasteiger partial charge on any atom is 0.00693 e. The predicted molar refractivity (Wildman–Crippen MR) is 68.1 cm³/mol. The van der Waals surface area contributed by atoms with Crippen molar-refractivity contribution in [3.8, 4) is 0 Å². The van der Waals surface area contributed by atoms with Gasteiger partial charge in [-0.25, -0.2) is 0 Å². The summed E-state index contributed by atoms with van der Waals surface area (Å²) < 4.78 is 0. The molecule has 1 aliphatic rings. The van der Waals surface area contributed by atoms with Crippen LogP contribution in [0.5, 0.6) is 0 Å². The summed E-state index contributed by atoms with van der Waals surface area (Å²) in [4.78, 5) is 0. The van der Waals surface area contributed by atoms with Gasteiger partial charge in [0.2, 0.25) is 0 Å². The van der Waals surface area contributed by atoms with Gasteiger partial charge in [0, 0.05) is 6.04 Å². The van der Waals surface area contributed by atoms with E-state index in [0.29, 0.717) is 0 Å². The lowest BCUT2D eigenvalue weighted by Crippen LogP contribution is -2.29. The first-order valence-electron chi connectivity index (χ1n) is 6.97. The standard InChI is InChI=1S/C14H29N/c1-4-12(5-2)10-14(15-3)11-13-8-6-7-9-13/h12-15H,4-11H2,1-3H3. The fraction of sp³-hybridized carbons (Fsp3) is 1.00. The van der Waals surface area contributed by atoms with Crippen LogP contribution in [-0.4, -0.2) is 13.1 Å². The Bertz CT molecular complexity index is 141. The van der Waals surface area contributed by atoms with Crippen molar-refractivity contribution in [1.82, 2.24) is 5.32 Å². The zero-order valence-corrected chi connectivity index (χ0v) is 10.9. The molecule has 0 amide bonds. The summed E-state index contributed by atoms with van der Waals surface area (Å²) in [6.45, 7) is 4.66. The summed E-state index contributed by atoms with van der Waals surface area (Å²) >= 11 is 0. The highest BCUT2D eigenvalue weighted by Crippen LogP contribution is 2.30. The number of nitrogens with one attached hydrogen (secondary N) is 1. The van der Waals surface area contributed by atoms with Crippen LogP contribution in [-0.2, 0) is 0 Å². The van der Waals surface area contributed by atoms with E-state index >= 15 is 0 Å². The van der Waals surface area contributed by atoms with Gasteiger partial charge in [-0.1, -0.05) is 52.4 Å². The highest BCUT2D eigenvalue weighted by Gasteiger charge is 2.20. The van der Waals surface area contributed by atoms with Gasteiger partial charge in [-0.15, -0.1) is 0 Å². The Morgan fingerprint density at radius 1 is 1.13 bits per heavy atom. The Kier molecular flexibility index (Phi) is 6.31. The third-order valence-corrected chi connectivity index (χ3v) is 4.27. The van der Waals surface area contributed by atoms with E-state index < -0.39 is 0 Å². The molecule has 0 aliphatic heterocycles. The van der Waals surface area contributed by atoms with Gasteiger partial charge in [0.15, 0.2) is 0 Å². The number of hydrogen-bond donors (Lipinski definition) is 1. The van der Waals surface area contributed by atoms with Crippen molar-refractivity contribution >= 4 is 0 Å². The molecule has 0 heterocycles. The van der Waals surface area contributed by atoms with Crippen LogP contribution in [0.4, 0.5) is 0 Å². The van der Waals surface area contributed by atoms with Crippen molar-refractivity contribution in [2.45, 2.75) is 71.3 Å². The zero-order valence-electron chi connectivity index (χ0n) is 10.9. The van der Waals surface area contributed by atoms with Crippen LogP contribution in [0.3, 0.4) is 0 Å². The molecule has 0 aromatic carbocycles. The van der Waals surface area contributed by atoms with E-state index in [1.807, 2.05) is 0 Å². The van der Waals surface area contributed by atoms with E-state index in [9.17, 15) is 0 Å². The first-order valence-corrected chi connectivity index (χ1v) is 6.97. The van der Waals surface area contributed by atoms with E-state index in [0.717, 1.165) is 17.9 Å². The van der Waals surface area contributed by atoms with Crippen LogP contribution in [0.15, 0.2) is 0 Å². The Balaban J connectivity index is 2.27. The van der Waals surface area contributed by atoms with Crippen molar-refractivity contribution < 1.29 is 0 Å². The summed E-state index contributed by atoms with van der Waals surface area (Å²) in [7, 11) is 2.14. The van der Waals surface area contributed by atoms with Gasteiger partial charge in [0.25, 0.3) is 0 Å². The van der Waals surface area contributed by atoms with Gasteiger partial charge in [-0.3, -0.25) is 0 Å². The number of hydrogen-bond acceptors (Lipinski definition) is 1. The average molecular weight is 211 g/mol. The monoisotopic (exact) mass is 211 g/mol. The Morgan fingerprint density at radius 3 is 2.20 bits per heavy atom. The lowest BCUT2D eigenvalue weighted by molar-refractivity contribution is 0.325. The molecule has 1 nitrogen and oxygen atoms in total. The van der Waals surface area contributed by atoms with E-state index in [4.69, 9.17) is 0 Å². The third kappa shape index (κ3) is 4.55. The average Bonchev–Trinajstić information content (AvgIpc) is 2.76. The van der Waals surface area contributed by atoms with Crippen molar-refractivity contribution in [2.24, 2.45) is 11.8 Å². The second-order valence-corrected chi connectivity index (χ2v) is 5.29. The Morgan fingerprint density at radius 2 is 1.73 bits per heavy atom. The second kappa shape index (κ2) is 7.27. The van der Waals surface area contributed by atoms with Crippen molar-refractivity contribution in [3.63, 3.8) is 0 Å². The largest absolute Gasteiger partial charge is 0.317 e. The molecule has 90 valence electrons. The SMILES string of the molecule is CCC(CC)CC(CC1CCCC1)NC. The minimum absolute atomic E-state index is 0.776. The molecule has 1 rings (SSSR count). The van der Waals surface area contributed by atoms with E-state index in [2.05, 4.69) is 26.2 Å². The normalized spacial score (nSPS) is 20.0. The van der Waals surface area contributed by atoms with Gasteiger partial charge in [-0.05, 0) is 31.7 Å². The summed E-state index contributed by atoms with van der Waals surface area (Å²) in [5.74, 6) is 1.96. The fourth-order valence-corrected chi connectivity index (χ4v) is 3.00. The molecule has 0 saturated heterocycles. The molecule has 1 saturated carbocycles. The van der Waals surface area contributed by atoms with Gasteiger partial charge in [0.05, 0.1) is 0 Å². The molecule has 0 aromatic heterocycles. The highest BCUT2D eigenvalue weighted by atomic mass is 14.9. The number of rotatable bonds is 7. The Labute approximate surface area is 96.0 Å². The lowest BCUT2D eigenvalue weighted by atomic mass is 9.89. The van der Waals surface area contributed by atoms with E-state index in [1.165, 1.54) is 51.4 Å². The lowest BCUT2D eigenvalue weighted by Gasteiger charge is -2.24. The topological polar surface area (TPSA) is 12.0 Å². The molecule has 1 unspecified atom stereocenters. The molecule has 15 heavy (non-hydrogen) atoms. The third-order valence-electron chi connectivity index (χ3n) is 4.27. The molecule has 0 spiro atoms. The van der Waals surface area contributed by atoms with Crippen molar-refractivity contribution in [3.05, 3.63) is 0 Å². The fourth-order valence-electron chi connectivity index (χ4n) is 3.00. The predicted octanol–water partition coefficient (Wildman–Crippen LogP) is 3.98. The molecule has 1 heteroatoms. The van der Waals surface area contributed by atoms with Crippen LogP contribution in [0.1, 0.15) is 65.2 Å². The second-order valence-electron chi connectivity index (χ2n) is 5.29. The molecule has 0 aromatic rings. The van der Waals surface area contributed by atoms with Crippen LogP contribution in [0.2, 0.25) is 0 Å². The smallest absolute Gasteiger partial charge is 0.00693 e. The van der Waals surface area contributed by atoms with Gasteiger partial charge < -0.3 is 5.32 Å². The molecule has 1 atom stereocenters. The maximum absolute atomic E-state index is 3.53.